The number of nitrogens with one attached hydrogen (secondary N) is 1. The maximum absolute atomic E-state index is 5.92. The third kappa shape index (κ3) is 3.44. The van der Waals surface area contributed by atoms with Gasteiger partial charge in [0.05, 0.1) is 25.9 Å². The molecular formula is C17H26N8O. The molecule has 4 heterocycles. The molecule has 1 unspecified atom stereocenters. The summed E-state index contributed by atoms with van der Waals surface area (Å²) in [5, 5.41) is 16.4. The van der Waals surface area contributed by atoms with Crippen molar-refractivity contribution in [2.24, 2.45) is 12.0 Å². The number of aryl methyl sites for hydroxylation is 2. The lowest BCUT2D eigenvalue weighted by molar-refractivity contribution is -0.00806. The highest BCUT2D eigenvalue weighted by Gasteiger charge is 2.25. The largest absolute Gasteiger partial charge is 0.370 e. The zero-order valence-electron chi connectivity index (χ0n) is 15.4. The summed E-state index contributed by atoms with van der Waals surface area (Å²) in [4.78, 5) is 6.68. The van der Waals surface area contributed by atoms with Crippen LogP contribution in [0.25, 0.3) is 0 Å². The Kier molecular flexibility index (Phi) is 4.87. The van der Waals surface area contributed by atoms with Gasteiger partial charge in [-0.05, 0) is 12.8 Å². The number of aliphatic imine (C=N–C) groups is 1. The number of hydrogen-bond acceptors (Lipinski definition) is 5. The summed E-state index contributed by atoms with van der Waals surface area (Å²) < 4.78 is 9.97. The molecule has 0 aromatic carbocycles. The first kappa shape index (κ1) is 17.0. The van der Waals surface area contributed by atoms with E-state index in [2.05, 4.69) is 35.1 Å². The Balaban J connectivity index is 1.40. The summed E-state index contributed by atoms with van der Waals surface area (Å²) in [5.41, 5.74) is 1.10. The lowest BCUT2D eigenvalue weighted by Gasteiger charge is -2.34. The maximum Gasteiger partial charge on any atom is 0.194 e. The van der Waals surface area contributed by atoms with Gasteiger partial charge in [-0.1, -0.05) is 0 Å². The number of rotatable bonds is 3. The average Bonchev–Trinajstić information content (AvgIpc) is 3.29. The van der Waals surface area contributed by atoms with Crippen molar-refractivity contribution in [2.45, 2.75) is 38.5 Å². The Morgan fingerprint density at radius 2 is 2.27 bits per heavy atom. The van der Waals surface area contributed by atoms with Crippen LogP contribution in [0.5, 0.6) is 0 Å². The standard InChI is InChI=1S/C17H26N8O/c1-18-17(19-10-16-22-21-15-5-3-4-6-25(15)16)24-7-8-26-14(12-24)13-9-20-23(2)11-13/h9,11,14H,3-8,10,12H2,1-2H3,(H,18,19). The van der Waals surface area contributed by atoms with E-state index in [1.165, 1.54) is 12.8 Å². The molecule has 1 saturated heterocycles. The van der Waals surface area contributed by atoms with E-state index in [0.29, 0.717) is 13.2 Å². The first-order chi connectivity index (χ1) is 12.7. The van der Waals surface area contributed by atoms with Gasteiger partial charge in [0.2, 0.25) is 0 Å². The summed E-state index contributed by atoms with van der Waals surface area (Å²) in [6.45, 7) is 3.88. The van der Waals surface area contributed by atoms with Crippen LogP contribution in [-0.4, -0.2) is 62.1 Å². The van der Waals surface area contributed by atoms with Crippen molar-refractivity contribution in [1.82, 2.24) is 34.8 Å². The van der Waals surface area contributed by atoms with Gasteiger partial charge in [-0.25, -0.2) is 0 Å². The number of fused-ring (bicyclic) bond motifs is 1. The van der Waals surface area contributed by atoms with E-state index in [1.54, 1.807) is 4.68 Å². The van der Waals surface area contributed by atoms with Crippen molar-refractivity contribution in [1.29, 1.82) is 0 Å². The third-order valence-electron chi connectivity index (χ3n) is 5.02. The van der Waals surface area contributed by atoms with Crippen molar-refractivity contribution in [2.75, 3.05) is 26.7 Å². The molecule has 1 atom stereocenters. The molecule has 9 heteroatoms. The predicted octanol–water partition coefficient (Wildman–Crippen LogP) is 0.497. The van der Waals surface area contributed by atoms with E-state index in [0.717, 1.165) is 49.2 Å². The molecule has 26 heavy (non-hydrogen) atoms. The first-order valence-corrected chi connectivity index (χ1v) is 9.21. The van der Waals surface area contributed by atoms with Crippen LogP contribution in [0.2, 0.25) is 0 Å². The zero-order valence-corrected chi connectivity index (χ0v) is 15.4. The fourth-order valence-corrected chi connectivity index (χ4v) is 3.64. The first-order valence-electron chi connectivity index (χ1n) is 9.21. The van der Waals surface area contributed by atoms with Gasteiger partial charge in [0.25, 0.3) is 0 Å². The lowest BCUT2D eigenvalue weighted by Crippen LogP contribution is -2.48. The van der Waals surface area contributed by atoms with Crippen molar-refractivity contribution in [3.8, 4) is 0 Å². The Morgan fingerprint density at radius 1 is 1.35 bits per heavy atom. The van der Waals surface area contributed by atoms with Crippen LogP contribution in [0, 0.1) is 0 Å². The SMILES string of the molecule is CN=C(NCc1nnc2n1CCCC2)N1CCOC(c2cnn(C)c2)C1. The zero-order chi connectivity index (χ0) is 17.9. The maximum atomic E-state index is 5.92. The minimum Gasteiger partial charge on any atom is -0.370 e. The summed E-state index contributed by atoms with van der Waals surface area (Å²) in [7, 11) is 3.74. The van der Waals surface area contributed by atoms with Crippen molar-refractivity contribution >= 4 is 5.96 Å². The quantitative estimate of drug-likeness (QED) is 0.635. The van der Waals surface area contributed by atoms with Crippen molar-refractivity contribution in [3.63, 3.8) is 0 Å². The highest BCUT2D eigenvalue weighted by atomic mass is 16.5. The number of ether oxygens (including phenoxy) is 1. The highest BCUT2D eigenvalue weighted by Crippen LogP contribution is 2.21. The second-order valence-electron chi connectivity index (χ2n) is 6.79. The van der Waals surface area contributed by atoms with Gasteiger partial charge in [-0.3, -0.25) is 9.67 Å². The number of morpholine rings is 1. The van der Waals surface area contributed by atoms with Crippen LogP contribution >= 0.6 is 0 Å². The van der Waals surface area contributed by atoms with Crippen LogP contribution in [0.1, 0.15) is 36.2 Å². The van der Waals surface area contributed by atoms with Gasteiger partial charge in [-0.2, -0.15) is 5.10 Å². The van der Waals surface area contributed by atoms with Gasteiger partial charge in [0.1, 0.15) is 11.9 Å². The lowest BCUT2D eigenvalue weighted by atomic mass is 10.1. The van der Waals surface area contributed by atoms with Gasteiger partial charge in [0, 0.05) is 45.4 Å². The molecule has 2 aliphatic heterocycles. The monoisotopic (exact) mass is 358 g/mol. The van der Waals surface area contributed by atoms with Crippen LogP contribution in [0.3, 0.4) is 0 Å². The molecule has 140 valence electrons. The van der Waals surface area contributed by atoms with E-state index in [1.807, 2.05) is 26.5 Å². The smallest absolute Gasteiger partial charge is 0.194 e. The summed E-state index contributed by atoms with van der Waals surface area (Å²) in [5.74, 6) is 2.96. The molecule has 1 N–H and O–H groups in total. The average molecular weight is 358 g/mol. The molecule has 0 spiro atoms. The van der Waals surface area contributed by atoms with Gasteiger partial charge in [0.15, 0.2) is 11.8 Å². The second-order valence-corrected chi connectivity index (χ2v) is 6.79. The molecule has 2 aromatic heterocycles. The van der Waals surface area contributed by atoms with Crippen LogP contribution in [0.15, 0.2) is 17.4 Å². The number of hydrogen-bond donors (Lipinski definition) is 1. The Bertz CT molecular complexity index is 780. The molecule has 0 amide bonds. The van der Waals surface area contributed by atoms with Crippen molar-refractivity contribution < 1.29 is 4.74 Å². The summed E-state index contributed by atoms with van der Waals surface area (Å²) >= 11 is 0. The minimum atomic E-state index is 0.0110. The molecule has 9 nitrogen and oxygen atoms in total. The molecule has 4 rings (SSSR count). The second kappa shape index (κ2) is 7.45. The fraction of sp³-hybridized carbons (Fsp3) is 0.647. The molecule has 0 saturated carbocycles. The predicted molar refractivity (Wildman–Crippen MR) is 96.6 cm³/mol. The third-order valence-corrected chi connectivity index (χ3v) is 5.02. The fourth-order valence-electron chi connectivity index (χ4n) is 3.64. The van der Waals surface area contributed by atoms with Crippen molar-refractivity contribution in [3.05, 3.63) is 29.6 Å². The molecule has 0 aliphatic carbocycles. The minimum absolute atomic E-state index is 0.0110. The number of guanidine groups is 1. The highest BCUT2D eigenvalue weighted by molar-refractivity contribution is 5.79. The van der Waals surface area contributed by atoms with Crippen LogP contribution in [0.4, 0.5) is 0 Å². The number of aromatic nitrogens is 5. The van der Waals surface area contributed by atoms with Gasteiger partial charge >= 0.3 is 0 Å². The van der Waals surface area contributed by atoms with Crippen LogP contribution in [-0.2, 0) is 31.3 Å². The Labute approximate surface area is 153 Å². The van der Waals surface area contributed by atoms with E-state index >= 15 is 0 Å². The summed E-state index contributed by atoms with van der Waals surface area (Å²) in [6, 6.07) is 0. The normalized spacial score (nSPS) is 20.9. The van der Waals surface area contributed by atoms with Gasteiger partial charge in [-0.15, -0.1) is 10.2 Å². The molecule has 2 aromatic rings. The van der Waals surface area contributed by atoms with Gasteiger partial charge < -0.3 is 19.5 Å². The van der Waals surface area contributed by atoms with E-state index in [4.69, 9.17) is 4.74 Å². The van der Waals surface area contributed by atoms with E-state index in [9.17, 15) is 0 Å². The molecule has 1 fully saturated rings. The Hall–Kier alpha value is -2.42. The molecular weight excluding hydrogens is 332 g/mol. The molecule has 0 radical (unpaired) electrons. The van der Waals surface area contributed by atoms with E-state index in [-0.39, 0.29) is 6.10 Å². The molecule has 2 aliphatic rings. The molecule has 0 bridgehead atoms. The summed E-state index contributed by atoms with van der Waals surface area (Å²) in [6.07, 6.45) is 7.31. The Morgan fingerprint density at radius 3 is 3.08 bits per heavy atom. The van der Waals surface area contributed by atoms with Crippen LogP contribution < -0.4 is 5.32 Å². The number of nitrogens with zero attached hydrogens (tertiary/aromatic N) is 7. The topological polar surface area (TPSA) is 85.4 Å². The van der Waals surface area contributed by atoms with E-state index < -0.39 is 0 Å².